The monoisotopic (exact) mass is 223 g/mol. The van der Waals surface area contributed by atoms with Crippen LogP contribution >= 0.6 is 0 Å². The molecule has 0 aliphatic rings. The molecule has 1 unspecified atom stereocenters. The van der Waals surface area contributed by atoms with Crippen molar-refractivity contribution < 1.29 is 0 Å². The average Bonchev–Trinajstić information content (AvgIpc) is 2.72. The number of aryl methyl sites for hydroxylation is 1. The summed E-state index contributed by atoms with van der Waals surface area (Å²) in [7, 11) is 0. The Labute approximate surface area is 99.2 Å². The normalized spacial score (nSPS) is 12.9. The molecule has 92 valence electrons. The highest BCUT2D eigenvalue weighted by Crippen LogP contribution is 2.03. The minimum Gasteiger partial charge on any atom is -0.310 e. The van der Waals surface area contributed by atoms with E-state index in [9.17, 15) is 0 Å². The summed E-state index contributed by atoms with van der Waals surface area (Å²) in [6, 6.07) is 0.606. The Kier molecular flexibility index (Phi) is 6.16. The summed E-state index contributed by atoms with van der Waals surface area (Å²) in [6.07, 6.45) is 9.10. The number of rotatable bonds is 8. The van der Waals surface area contributed by atoms with Gasteiger partial charge in [0.05, 0.1) is 6.20 Å². The van der Waals surface area contributed by atoms with Crippen LogP contribution in [0, 0.1) is 0 Å². The Bertz CT molecular complexity index is 280. The quantitative estimate of drug-likeness (QED) is 0.734. The van der Waals surface area contributed by atoms with Gasteiger partial charge in [0.15, 0.2) is 0 Å². The first-order chi connectivity index (χ1) is 7.76. The molecule has 0 fully saturated rings. The minimum atomic E-state index is 0.606. The average molecular weight is 223 g/mol. The summed E-state index contributed by atoms with van der Waals surface area (Å²) in [4.78, 5) is 0. The van der Waals surface area contributed by atoms with Crippen LogP contribution in [-0.2, 0) is 13.1 Å². The zero-order chi connectivity index (χ0) is 11.8. The Morgan fingerprint density at radius 2 is 2.19 bits per heavy atom. The first-order valence-corrected chi connectivity index (χ1v) is 6.51. The molecule has 0 saturated heterocycles. The second kappa shape index (κ2) is 7.44. The van der Waals surface area contributed by atoms with Crippen molar-refractivity contribution in [3.63, 3.8) is 0 Å². The molecule has 0 bridgehead atoms. The maximum Gasteiger partial charge on any atom is 0.0534 e. The van der Waals surface area contributed by atoms with E-state index in [0.29, 0.717) is 6.04 Å². The topological polar surface area (TPSA) is 29.9 Å². The SMILES string of the molecule is CCCCC(C)NCc1cnn(CCC)c1. The van der Waals surface area contributed by atoms with Crippen LogP contribution in [0.15, 0.2) is 12.4 Å². The van der Waals surface area contributed by atoms with Gasteiger partial charge in [0, 0.05) is 30.9 Å². The third-order valence-electron chi connectivity index (χ3n) is 2.78. The van der Waals surface area contributed by atoms with Crippen LogP contribution in [0.25, 0.3) is 0 Å². The Hall–Kier alpha value is -0.830. The van der Waals surface area contributed by atoms with E-state index in [4.69, 9.17) is 0 Å². The molecule has 1 aromatic heterocycles. The van der Waals surface area contributed by atoms with Gasteiger partial charge in [-0.1, -0.05) is 26.7 Å². The Morgan fingerprint density at radius 1 is 1.38 bits per heavy atom. The van der Waals surface area contributed by atoms with E-state index in [0.717, 1.165) is 19.5 Å². The largest absolute Gasteiger partial charge is 0.310 e. The smallest absolute Gasteiger partial charge is 0.0534 e. The van der Waals surface area contributed by atoms with Crippen LogP contribution in [0.2, 0.25) is 0 Å². The lowest BCUT2D eigenvalue weighted by Gasteiger charge is -2.11. The lowest BCUT2D eigenvalue weighted by molar-refractivity contribution is 0.494. The molecule has 1 N–H and O–H groups in total. The van der Waals surface area contributed by atoms with Gasteiger partial charge in [-0.2, -0.15) is 5.10 Å². The lowest BCUT2D eigenvalue weighted by Crippen LogP contribution is -2.25. The van der Waals surface area contributed by atoms with Crippen LogP contribution < -0.4 is 5.32 Å². The maximum absolute atomic E-state index is 4.32. The molecule has 0 radical (unpaired) electrons. The molecule has 1 heterocycles. The molecule has 1 aromatic rings. The molecule has 0 aliphatic carbocycles. The fraction of sp³-hybridized carbons (Fsp3) is 0.769. The van der Waals surface area contributed by atoms with Gasteiger partial charge < -0.3 is 5.32 Å². The van der Waals surface area contributed by atoms with E-state index in [1.54, 1.807) is 0 Å². The number of hydrogen-bond acceptors (Lipinski definition) is 2. The minimum absolute atomic E-state index is 0.606. The summed E-state index contributed by atoms with van der Waals surface area (Å²) >= 11 is 0. The summed E-state index contributed by atoms with van der Waals surface area (Å²) in [6.45, 7) is 8.63. The number of nitrogens with one attached hydrogen (secondary N) is 1. The fourth-order valence-electron chi connectivity index (χ4n) is 1.75. The van der Waals surface area contributed by atoms with Crippen LogP contribution in [0.3, 0.4) is 0 Å². The van der Waals surface area contributed by atoms with E-state index >= 15 is 0 Å². The Morgan fingerprint density at radius 3 is 2.88 bits per heavy atom. The van der Waals surface area contributed by atoms with Crippen LogP contribution in [0.1, 0.15) is 52.0 Å². The van der Waals surface area contributed by atoms with Crippen LogP contribution in [-0.4, -0.2) is 15.8 Å². The predicted octanol–water partition coefficient (Wildman–Crippen LogP) is 2.96. The molecular formula is C13H25N3. The van der Waals surface area contributed by atoms with Gasteiger partial charge in [0.1, 0.15) is 0 Å². The lowest BCUT2D eigenvalue weighted by atomic mass is 10.1. The second-order valence-corrected chi connectivity index (χ2v) is 4.54. The van der Waals surface area contributed by atoms with Crippen molar-refractivity contribution in [2.75, 3.05) is 0 Å². The summed E-state index contributed by atoms with van der Waals surface area (Å²) in [5, 5.41) is 7.86. The maximum atomic E-state index is 4.32. The van der Waals surface area contributed by atoms with Gasteiger partial charge in [0.25, 0.3) is 0 Å². The first kappa shape index (κ1) is 13.2. The molecule has 16 heavy (non-hydrogen) atoms. The second-order valence-electron chi connectivity index (χ2n) is 4.54. The molecule has 1 atom stereocenters. The van der Waals surface area contributed by atoms with Gasteiger partial charge >= 0.3 is 0 Å². The molecule has 0 spiro atoms. The van der Waals surface area contributed by atoms with Crippen molar-refractivity contribution in [2.45, 2.75) is 65.6 Å². The van der Waals surface area contributed by atoms with E-state index < -0.39 is 0 Å². The zero-order valence-electron chi connectivity index (χ0n) is 10.9. The highest BCUT2D eigenvalue weighted by Gasteiger charge is 2.02. The van der Waals surface area contributed by atoms with E-state index in [1.165, 1.54) is 24.8 Å². The molecular weight excluding hydrogens is 198 g/mol. The van der Waals surface area contributed by atoms with Crippen LogP contribution in [0.5, 0.6) is 0 Å². The van der Waals surface area contributed by atoms with E-state index in [2.05, 4.69) is 37.4 Å². The third-order valence-corrected chi connectivity index (χ3v) is 2.78. The number of nitrogens with zero attached hydrogens (tertiary/aromatic N) is 2. The van der Waals surface area contributed by atoms with Crippen molar-refractivity contribution in [3.8, 4) is 0 Å². The predicted molar refractivity (Wildman–Crippen MR) is 68.3 cm³/mol. The highest BCUT2D eigenvalue weighted by molar-refractivity contribution is 5.03. The van der Waals surface area contributed by atoms with E-state index in [1.807, 2.05) is 10.9 Å². The van der Waals surface area contributed by atoms with E-state index in [-0.39, 0.29) is 0 Å². The molecule has 0 aliphatic heterocycles. The molecule has 0 aromatic carbocycles. The molecule has 1 rings (SSSR count). The molecule has 3 heteroatoms. The van der Waals surface area contributed by atoms with Gasteiger partial charge in [-0.3, -0.25) is 4.68 Å². The van der Waals surface area contributed by atoms with Crippen molar-refractivity contribution in [1.82, 2.24) is 15.1 Å². The van der Waals surface area contributed by atoms with Gasteiger partial charge in [-0.15, -0.1) is 0 Å². The standard InChI is InChI=1S/C13H25N3/c1-4-6-7-12(3)14-9-13-10-15-16(11-13)8-5-2/h10-12,14H,4-9H2,1-3H3. The van der Waals surface area contributed by atoms with Crippen molar-refractivity contribution >= 4 is 0 Å². The number of aromatic nitrogens is 2. The highest BCUT2D eigenvalue weighted by atomic mass is 15.3. The van der Waals surface area contributed by atoms with Gasteiger partial charge in [-0.05, 0) is 19.8 Å². The van der Waals surface area contributed by atoms with Gasteiger partial charge in [0.2, 0.25) is 0 Å². The summed E-state index contributed by atoms with van der Waals surface area (Å²) < 4.78 is 2.02. The summed E-state index contributed by atoms with van der Waals surface area (Å²) in [5.74, 6) is 0. The Balaban J connectivity index is 2.25. The van der Waals surface area contributed by atoms with Gasteiger partial charge in [-0.25, -0.2) is 0 Å². The third kappa shape index (κ3) is 4.79. The molecule has 0 saturated carbocycles. The first-order valence-electron chi connectivity index (χ1n) is 6.51. The van der Waals surface area contributed by atoms with Crippen molar-refractivity contribution in [2.24, 2.45) is 0 Å². The zero-order valence-corrected chi connectivity index (χ0v) is 10.9. The number of hydrogen-bond donors (Lipinski definition) is 1. The molecule has 3 nitrogen and oxygen atoms in total. The summed E-state index contributed by atoms with van der Waals surface area (Å²) in [5.41, 5.74) is 1.29. The van der Waals surface area contributed by atoms with Crippen molar-refractivity contribution in [1.29, 1.82) is 0 Å². The molecule has 0 amide bonds. The van der Waals surface area contributed by atoms with Crippen LogP contribution in [0.4, 0.5) is 0 Å². The van der Waals surface area contributed by atoms with Crippen molar-refractivity contribution in [3.05, 3.63) is 18.0 Å². The fourth-order valence-corrected chi connectivity index (χ4v) is 1.75. The number of unbranched alkanes of at least 4 members (excludes halogenated alkanes) is 1.